The first-order valence-electron chi connectivity index (χ1n) is 12.6. The van der Waals surface area contributed by atoms with Crippen LogP contribution in [0.3, 0.4) is 0 Å². The van der Waals surface area contributed by atoms with E-state index in [-0.39, 0.29) is 29.7 Å². The SMILES string of the molecule is O=C(NCC1CN(C(=O)Cc2cccc(C(F)(F)F)c2)CC12CN(c1ccccc1)C2)Nc1ccccc1. The van der Waals surface area contributed by atoms with Crippen LogP contribution in [0.4, 0.5) is 29.3 Å². The minimum Gasteiger partial charge on any atom is -0.370 e. The fourth-order valence-electron chi connectivity index (χ4n) is 5.45. The van der Waals surface area contributed by atoms with Crippen LogP contribution in [0.5, 0.6) is 0 Å². The normalized spacial score (nSPS) is 18.2. The fourth-order valence-corrected chi connectivity index (χ4v) is 5.45. The zero-order valence-corrected chi connectivity index (χ0v) is 20.7. The summed E-state index contributed by atoms with van der Waals surface area (Å²) in [6.07, 6.45) is -4.56. The van der Waals surface area contributed by atoms with Gasteiger partial charge in [-0.1, -0.05) is 54.6 Å². The summed E-state index contributed by atoms with van der Waals surface area (Å²) in [5.74, 6) is -0.201. The van der Waals surface area contributed by atoms with Crippen molar-refractivity contribution in [2.45, 2.75) is 12.6 Å². The smallest absolute Gasteiger partial charge is 0.370 e. The Morgan fingerprint density at radius 2 is 1.58 bits per heavy atom. The number of halogens is 3. The molecule has 1 spiro atoms. The molecule has 3 amide bonds. The van der Waals surface area contributed by atoms with Crippen LogP contribution < -0.4 is 15.5 Å². The molecule has 2 aliphatic heterocycles. The van der Waals surface area contributed by atoms with Crippen LogP contribution in [-0.4, -0.2) is 49.6 Å². The number of likely N-dealkylation sites (tertiary alicyclic amines) is 1. The number of anilines is 2. The highest BCUT2D eigenvalue weighted by Crippen LogP contribution is 2.45. The third kappa shape index (κ3) is 5.61. The Bertz CT molecular complexity index is 1280. The number of hydrogen-bond donors (Lipinski definition) is 2. The molecule has 198 valence electrons. The Kier molecular flexibility index (Phi) is 7.01. The van der Waals surface area contributed by atoms with Gasteiger partial charge in [-0.3, -0.25) is 4.79 Å². The number of amides is 3. The Morgan fingerprint density at radius 3 is 2.26 bits per heavy atom. The predicted molar refractivity (Wildman–Crippen MR) is 140 cm³/mol. The second-order valence-corrected chi connectivity index (χ2v) is 10.1. The van der Waals surface area contributed by atoms with Crippen molar-refractivity contribution in [2.75, 3.05) is 42.9 Å². The van der Waals surface area contributed by atoms with E-state index in [9.17, 15) is 22.8 Å². The molecule has 0 aromatic heterocycles. The summed E-state index contributed by atoms with van der Waals surface area (Å²) in [6.45, 7) is 2.79. The molecule has 2 aliphatic rings. The van der Waals surface area contributed by atoms with E-state index in [0.717, 1.165) is 30.9 Å². The molecule has 3 aromatic carbocycles. The zero-order valence-electron chi connectivity index (χ0n) is 20.7. The number of hydrogen-bond acceptors (Lipinski definition) is 3. The molecule has 2 heterocycles. The van der Waals surface area contributed by atoms with Gasteiger partial charge in [-0.25, -0.2) is 4.79 Å². The van der Waals surface area contributed by atoms with Crippen molar-refractivity contribution < 1.29 is 22.8 Å². The lowest BCUT2D eigenvalue weighted by atomic mass is 9.71. The molecule has 38 heavy (non-hydrogen) atoms. The largest absolute Gasteiger partial charge is 0.416 e. The number of benzene rings is 3. The number of alkyl halides is 3. The Hall–Kier alpha value is -4.01. The second kappa shape index (κ2) is 10.4. The molecule has 5 rings (SSSR count). The van der Waals surface area contributed by atoms with Crippen LogP contribution in [0.25, 0.3) is 0 Å². The van der Waals surface area contributed by atoms with E-state index in [1.165, 1.54) is 6.07 Å². The van der Waals surface area contributed by atoms with Crippen molar-refractivity contribution in [3.05, 3.63) is 96.1 Å². The van der Waals surface area contributed by atoms with E-state index in [0.29, 0.717) is 30.9 Å². The lowest BCUT2D eigenvalue weighted by Gasteiger charge is -2.52. The maximum absolute atomic E-state index is 13.2. The summed E-state index contributed by atoms with van der Waals surface area (Å²) in [7, 11) is 0. The van der Waals surface area contributed by atoms with E-state index < -0.39 is 11.7 Å². The third-order valence-corrected chi connectivity index (χ3v) is 7.45. The van der Waals surface area contributed by atoms with Crippen LogP contribution in [0, 0.1) is 11.3 Å². The van der Waals surface area contributed by atoms with Gasteiger partial charge in [0.15, 0.2) is 0 Å². The van der Waals surface area contributed by atoms with Gasteiger partial charge in [0.05, 0.1) is 12.0 Å². The highest BCUT2D eigenvalue weighted by molar-refractivity contribution is 5.89. The van der Waals surface area contributed by atoms with Crippen molar-refractivity contribution in [2.24, 2.45) is 11.3 Å². The van der Waals surface area contributed by atoms with E-state index in [2.05, 4.69) is 15.5 Å². The van der Waals surface area contributed by atoms with Crippen molar-refractivity contribution >= 4 is 23.3 Å². The molecule has 3 aromatic rings. The van der Waals surface area contributed by atoms with Crippen molar-refractivity contribution in [1.82, 2.24) is 10.2 Å². The highest BCUT2D eigenvalue weighted by Gasteiger charge is 2.55. The van der Waals surface area contributed by atoms with Gasteiger partial charge in [-0.15, -0.1) is 0 Å². The zero-order chi connectivity index (χ0) is 26.8. The summed E-state index contributed by atoms with van der Waals surface area (Å²) in [5, 5.41) is 5.77. The quantitative estimate of drug-likeness (QED) is 0.477. The highest BCUT2D eigenvalue weighted by atomic mass is 19.4. The first-order chi connectivity index (χ1) is 18.2. The molecular weight excluding hydrogens is 493 g/mol. The Morgan fingerprint density at radius 1 is 0.895 bits per heavy atom. The molecular formula is C29H29F3N4O2. The molecule has 1 atom stereocenters. The van der Waals surface area contributed by atoms with Gasteiger partial charge >= 0.3 is 12.2 Å². The standard InChI is InChI=1S/C29H29F3N4O2/c30-29(31,32)22-9-7-8-21(14-22)15-26(37)35-17-23(16-33-27(38)34-24-10-3-1-4-11-24)28(18-35)19-36(20-28)25-12-5-2-6-13-25/h1-14,23H,15-20H2,(H2,33,34,38). The molecule has 2 fully saturated rings. The Balaban J connectivity index is 1.26. The molecule has 2 N–H and O–H groups in total. The number of nitrogens with zero attached hydrogens (tertiary/aromatic N) is 2. The van der Waals surface area contributed by atoms with Gasteiger partial charge < -0.3 is 20.4 Å². The molecule has 1 unspecified atom stereocenters. The summed E-state index contributed by atoms with van der Waals surface area (Å²) >= 11 is 0. The average Bonchev–Trinajstić information content (AvgIpc) is 3.28. The fraction of sp³-hybridized carbons (Fsp3) is 0.310. The lowest BCUT2D eigenvalue weighted by Crippen LogP contribution is -2.62. The van der Waals surface area contributed by atoms with Crippen molar-refractivity contribution in [3.8, 4) is 0 Å². The summed E-state index contributed by atoms with van der Waals surface area (Å²) in [6, 6.07) is 23.7. The minimum absolute atomic E-state index is 0.00875. The van der Waals surface area contributed by atoms with E-state index in [1.54, 1.807) is 23.1 Å². The topological polar surface area (TPSA) is 64.7 Å². The molecule has 2 saturated heterocycles. The molecule has 9 heteroatoms. The van der Waals surface area contributed by atoms with E-state index >= 15 is 0 Å². The molecule has 0 radical (unpaired) electrons. The number of nitrogens with one attached hydrogen (secondary N) is 2. The third-order valence-electron chi connectivity index (χ3n) is 7.45. The van der Waals surface area contributed by atoms with Crippen molar-refractivity contribution in [1.29, 1.82) is 0 Å². The maximum atomic E-state index is 13.2. The lowest BCUT2D eigenvalue weighted by molar-refractivity contribution is -0.138. The number of carbonyl (C=O) groups is 2. The van der Waals surface area contributed by atoms with Gasteiger partial charge in [0, 0.05) is 55.4 Å². The second-order valence-electron chi connectivity index (χ2n) is 10.1. The number of urea groups is 1. The van der Waals surface area contributed by atoms with Gasteiger partial charge in [-0.05, 0) is 35.9 Å². The molecule has 0 aliphatic carbocycles. The van der Waals surface area contributed by atoms with E-state index in [4.69, 9.17) is 0 Å². The summed E-state index contributed by atoms with van der Waals surface area (Å²) in [4.78, 5) is 29.7. The molecule has 0 saturated carbocycles. The van der Waals surface area contributed by atoms with Gasteiger partial charge in [0.2, 0.25) is 5.91 Å². The van der Waals surface area contributed by atoms with Crippen LogP contribution in [-0.2, 0) is 17.4 Å². The number of rotatable bonds is 6. The molecule has 6 nitrogen and oxygen atoms in total. The number of carbonyl (C=O) groups excluding carboxylic acids is 2. The summed E-state index contributed by atoms with van der Waals surface area (Å²) < 4.78 is 39.4. The average molecular weight is 523 g/mol. The monoisotopic (exact) mass is 522 g/mol. The maximum Gasteiger partial charge on any atom is 0.416 e. The van der Waals surface area contributed by atoms with Crippen LogP contribution >= 0.6 is 0 Å². The molecule has 0 bridgehead atoms. The first kappa shape index (κ1) is 25.6. The number of para-hydroxylation sites is 2. The van der Waals surface area contributed by atoms with Crippen LogP contribution in [0.2, 0.25) is 0 Å². The van der Waals surface area contributed by atoms with Crippen LogP contribution in [0.15, 0.2) is 84.9 Å². The van der Waals surface area contributed by atoms with E-state index in [1.807, 2.05) is 48.5 Å². The van der Waals surface area contributed by atoms with Gasteiger partial charge in [-0.2, -0.15) is 13.2 Å². The van der Waals surface area contributed by atoms with Crippen LogP contribution in [0.1, 0.15) is 11.1 Å². The Labute approximate surface area is 219 Å². The first-order valence-corrected chi connectivity index (χ1v) is 12.6. The minimum atomic E-state index is -4.46. The van der Waals surface area contributed by atoms with Crippen molar-refractivity contribution in [3.63, 3.8) is 0 Å². The van der Waals surface area contributed by atoms with Gasteiger partial charge in [0.25, 0.3) is 0 Å². The predicted octanol–water partition coefficient (Wildman–Crippen LogP) is 5.03. The summed E-state index contributed by atoms with van der Waals surface area (Å²) in [5.41, 5.74) is 1.15. The van der Waals surface area contributed by atoms with Gasteiger partial charge in [0.1, 0.15) is 0 Å².